The van der Waals surface area contributed by atoms with E-state index in [4.69, 9.17) is 4.74 Å². The smallest absolute Gasteiger partial charge is 0.119 e. The Balaban J connectivity index is 1.53. The van der Waals surface area contributed by atoms with Gasteiger partial charge in [0, 0.05) is 38.3 Å². The van der Waals surface area contributed by atoms with Gasteiger partial charge in [0.2, 0.25) is 0 Å². The maximum absolute atomic E-state index is 9.48. The number of aliphatic hydroxyl groups excluding tert-OH is 1. The number of nitrogens with zero attached hydrogens (tertiary/aromatic N) is 2. The van der Waals surface area contributed by atoms with Crippen LogP contribution in [-0.4, -0.2) is 60.3 Å². The van der Waals surface area contributed by atoms with Gasteiger partial charge in [0.15, 0.2) is 0 Å². The first kappa shape index (κ1) is 16.8. The molecule has 4 rings (SSSR count). The highest BCUT2D eigenvalue weighted by Gasteiger charge is 2.35. The average molecular weight is 340 g/mol. The minimum atomic E-state index is 0.275. The molecule has 4 nitrogen and oxygen atoms in total. The van der Waals surface area contributed by atoms with Crippen LogP contribution >= 0.6 is 0 Å². The molecule has 0 saturated carbocycles. The normalized spacial score (nSPS) is 24.6. The second kappa shape index (κ2) is 7.32. The largest absolute Gasteiger partial charge is 0.497 e. The lowest BCUT2D eigenvalue weighted by molar-refractivity contribution is 0.0334. The zero-order valence-electron chi connectivity index (χ0n) is 15.0. The van der Waals surface area contributed by atoms with E-state index in [1.54, 1.807) is 7.11 Å². The summed E-state index contributed by atoms with van der Waals surface area (Å²) in [4.78, 5) is 5.22. The predicted octanol–water partition coefficient (Wildman–Crippen LogP) is 2.88. The van der Waals surface area contributed by atoms with Gasteiger partial charge >= 0.3 is 0 Å². The number of hydrogen-bond donors (Lipinski definition) is 1. The van der Waals surface area contributed by atoms with Gasteiger partial charge in [0.25, 0.3) is 0 Å². The Morgan fingerprint density at radius 2 is 1.96 bits per heavy atom. The predicted molar refractivity (Wildman–Crippen MR) is 101 cm³/mol. The molecular weight excluding hydrogens is 312 g/mol. The van der Waals surface area contributed by atoms with Crippen LogP contribution in [0.3, 0.4) is 0 Å². The second-order valence-electron chi connectivity index (χ2n) is 7.43. The lowest BCUT2D eigenvalue weighted by atomic mass is 10.0. The van der Waals surface area contributed by atoms with E-state index in [0.717, 1.165) is 31.8 Å². The molecule has 2 aliphatic rings. The zero-order chi connectivity index (χ0) is 17.2. The zero-order valence-corrected chi connectivity index (χ0v) is 15.0. The minimum absolute atomic E-state index is 0.275. The molecule has 2 fully saturated rings. The molecule has 0 aromatic heterocycles. The Labute approximate surface area is 150 Å². The molecule has 25 heavy (non-hydrogen) atoms. The van der Waals surface area contributed by atoms with Crippen molar-refractivity contribution < 1.29 is 9.84 Å². The lowest BCUT2D eigenvalue weighted by Crippen LogP contribution is -2.55. The molecule has 4 heteroatoms. The molecule has 2 aromatic carbocycles. The van der Waals surface area contributed by atoms with E-state index in [1.807, 2.05) is 6.07 Å². The van der Waals surface area contributed by atoms with Gasteiger partial charge in [-0.05, 0) is 60.3 Å². The van der Waals surface area contributed by atoms with Crippen molar-refractivity contribution in [2.75, 3.05) is 33.4 Å². The molecule has 134 valence electrons. The highest BCUT2D eigenvalue weighted by molar-refractivity contribution is 5.84. The summed E-state index contributed by atoms with van der Waals surface area (Å²) in [6, 6.07) is 14.1. The Kier molecular flexibility index (Phi) is 4.93. The maximum atomic E-state index is 9.48. The van der Waals surface area contributed by atoms with E-state index in [-0.39, 0.29) is 6.61 Å². The average Bonchev–Trinajstić information content (AvgIpc) is 3.09. The fourth-order valence-electron chi connectivity index (χ4n) is 4.50. The van der Waals surface area contributed by atoms with Crippen molar-refractivity contribution in [3.63, 3.8) is 0 Å². The summed E-state index contributed by atoms with van der Waals surface area (Å²) in [6.45, 7) is 4.72. The van der Waals surface area contributed by atoms with Crippen LogP contribution in [0.4, 0.5) is 0 Å². The van der Waals surface area contributed by atoms with Crippen molar-refractivity contribution in [1.82, 2.24) is 9.80 Å². The standard InChI is InChI=1S/C21H28N2O2/c1-25-21-7-6-17-11-16(4-5-18(17)12-21)13-23-15-19-3-2-9-22(19)14-20(23)8-10-24/h4-7,11-12,19-20,24H,2-3,8-10,13-15H2,1H3/t19-,20-/m0/s1. The fraction of sp³-hybridized carbons (Fsp3) is 0.524. The third kappa shape index (κ3) is 3.52. The molecule has 0 unspecified atom stereocenters. The highest BCUT2D eigenvalue weighted by Crippen LogP contribution is 2.28. The molecular formula is C21H28N2O2. The van der Waals surface area contributed by atoms with Gasteiger partial charge in [-0.3, -0.25) is 9.80 Å². The fourth-order valence-corrected chi connectivity index (χ4v) is 4.50. The van der Waals surface area contributed by atoms with Gasteiger partial charge in [-0.25, -0.2) is 0 Å². The van der Waals surface area contributed by atoms with Crippen molar-refractivity contribution in [3.05, 3.63) is 42.0 Å². The van der Waals surface area contributed by atoms with E-state index in [9.17, 15) is 5.11 Å². The van der Waals surface area contributed by atoms with Crippen molar-refractivity contribution in [2.24, 2.45) is 0 Å². The Hall–Kier alpha value is -1.62. The van der Waals surface area contributed by atoms with Crippen LogP contribution in [0.2, 0.25) is 0 Å². The SMILES string of the molecule is COc1ccc2cc(CN3C[C@@H]4CCCN4C[C@@H]3CCO)ccc2c1. The second-order valence-corrected chi connectivity index (χ2v) is 7.43. The monoisotopic (exact) mass is 340 g/mol. The topological polar surface area (TPSA) is 35.9 Å². The molecule has 2 aromatic rings. The molecule has 2 aliphatic heterocycles. The first-order valence-electron chi connectivity index (χ1n) is 9.42. The van der Waals surface area contributed by atoms with Crippen LogP contribution in [0.15, 0.2) is 36.4 Å². The molecule has 0 radical (unpaired) electrons. The van der Waals surface area contributed by atoms with E-state index < -0.39 is 0 Å². The Bertz CT molecular complexity index is 733. The lowest BCUT2D eigenvalue weighted by Gasteiger charge is -2.43. The van der Waals surface area contributed by atoms with E-state index in [2.05, 4.69) is 40.1 Å². The van der Waals surface area contributed by atoms with Crippen molar-refractivity contribution >= 4 is 10.8 Å². The van der Waals surface area contributed by atoms with Crippen LogP contribution in [-0.2, 0) is 6.54 Å². The number of rotatable bonds is 5. The van der Waals surface area contributed by atoms with Gasteiger partial charge in [-0.15, -0.1) is 0 Å². The van der Waals surface area contributed by atoms with Crippen molar-refractivity contribution in [2.45, 2.75) is 37.9 Å². The van der Waals surface area contributed by atoms with E-state index in [1.165, 1.54) is 35.7 Å². The third-order valence-electron chi connectivity index (χ3n) is 5.87. The Morgan fingerprint density at radius 3 is 2.80 bits per heavy atom. The third-order valence-corrected chi connectivity index (χ3v) is 5.87. The number of aliphatic hydroxyl groups is 1. The summed E-state index contributed by atoms with van der Waals surface area (Å²) in [6.07, 6.45) is 3.51. The minimum Gasteiger partial charge on any atom is -0.497 e. The first-order chi connectivity index (χ1) is 12.3. The molecule has 0 aliphatic carbocycles. The van der Waals surface area contributed by atoms with Crippen molar-refractivity contribution in [1.29, 1.82) is 0 Å². The highest BCUT2D eigenvalue weighted by atomic mass is 16.5. The Morgan fingerprint density at radius 1 is 1.12 bits per heavy atom. The van der Waals surface area contributed by atoms with Gasteiger partial charge in [-0.2, -0.15) is 0 Å². The summed E-state index contributed by atoms with van der Waals surface area (Å²) in [5.74, 6) is 0.903. The van der Waals surface area contributed by atoms with E-state index in [0.29, 0.717) is 12.1 Å². The maximum Gasteiger partial charge on any atom is 0.119 e. The number of benzene rings is 2. The van der Waals surface area contributed by atoms with Crippen molar-refractivity contribution in [3.8, 4) is 5.75 Å². The van der Waals surface area contributed by atoms with Crippen LogP contribution in [0.1, 0.15) is 24.8 Å². The number of ether oxygens (including phenoxy) is 1. The number of piperazine rings is 1. The molecule has 0 amide bonds. The summed E-state index contributed by atoms with van der Waals surface area (Å²) in [5.41, 5.74) is 1.35. The quantitative estimate of drug-likeness (QED) is 0.908. The van der Waals surface area contributed by atoms with Crippen LogP contribution < -0.4 is 4.74 Å². The molecule has 0 spiro atoms. The van der Waals surface area contributed by atoms with Gasteiger partial charge in [-0.1, -0.05) is 18.2 Å². The number of methoxy groups -OCH3 is 1. The molecule has 2 atom stereocenters. The summed E-state index contributed by atoms with van der Waals surface area (Å²) >= 11 is 0. The molecule has 1 N–H and O–H groups in total. The molecule has 2 heterocycles. The van der Waals surface area contributed by atoms with E-state index >= 15 is 0 Å². The van der Waals surface area contributed by atoms with Crippen LogP contribution in [0, 0.1) is 0 Å². The molecule has 2 saturated heterocycles. The van der Waals surface area contributed by atoms with Gasteiger partial charge in [0.1, 0.15) is 5.75 Å². The summed E-state index contributed by atoms with van der Waals surface area (Å²) in [7, 11) is 1.71. The van der Waals surface area contributed by atoms with Crippen LogP contribution in [0.25, 0.3) is 10.8 Å². The summed E-state index contributed by atoms with van der Waals surface area (Å²) in [5, 5.41) is 12.0. The van der Waals surface area contributed by atoms with Gasteiger partial charge in [0.05, 0.1) is 7.11 Å². The number of fused-ring (bicyclic) bond motifs is 2. The summed E-state index contributed by atoms with van der Waals surface area (Å²) < 4.78 is 5.32. The van der Waals surface area contributed by atoms with Crippen LogP contribution in [0.5, 0.6) is 5.75 Å². The number of hydrogen-bond acceptors (Lipinski definition) is 4. The van der Waals surface area contributed by atoms with Gasteiger partial charge < -0.3 is 9.84 Å². The molecule has 0 bridgehead atoms. The first-order valence-corrected chi connectivity index (χ1v) is 9.42.